The molecule has 1 aliphatic rings. The third kappa shape index (κ3) is 1.65. The maximum atomic E-state index is 11.6. The Balaban J connectivity index is 2.39. The van der Waals surface area contributed by atoms with Crippen LogP contribution in [0.15, 0.2) is 24.3 Å². The highest BCUT2D eigenvalue weighted by Crippen LogP contribution is 2.51. The molecule has 2 nitrogen and oxygen atoms in total. The van der Waals surface area contributed by atoms with E-state index in [0.29, 0.717) is 6.61 Å². The Bertz CT molecular complexity index is 378. The highest BCUT2D eigenvalue weighted by atomic mass is 16.5. The van der Waals surface area contributed by atoms with Gasteiger partial charge >= 0.3 is 0 Å². The van der Waals surface area contributed by atoms with Gasteiger partial charge in [-0.2, -0.15) is 0 Å². The third-order valence-electron chi connectivity index (χ3n) is 3.13. The predicted molar refractivity (Wildman–Crippen MR) is 59.2 cm³/mol. The lowest BCUT2D eigenvalue weighted by molar-refractivity contribution is -0.119. The average Bonchev–Trinajstić information content (AvgIpc) is 3.00. The summed E-state index contributed by atoms with van der Waals surface area (Å²) in [5.41, 5.74) is 0.838. The highest BCUT2D eigenvalue weighted by molar-refractivity contribution is 5.91. The summed E-state index contributed by atoms with van der Waals surface area (Å²) < 4.78 is 5.56. The molecule has 0 radical (unpaired) electrons. The van der Waals surface area contributed by atoms with E-state index in [1.165, 1.54) is 0 Å². The lowest BCUT2D eigenvalue weighted by atomic mass is 9.91. The topological polar surface area (TPSA) is 26.3 Å². The Morgan fingerprint density at radius 3 is 2.60 bits per heavy atom. The fraction of sp³-hybridized carbons (Fsp3) is 0.462. The molecule has 0 saturated heterocycles. The number of carbonyl (C=O) groups is 1. The highest BCUT2D eigenvalue weighted by Gasteiger charge is 2.50. The van der Waals surface area contributed by atoms with E-state index in [1.54, 1.807) is 6.92 Å². The SMILES string of the molecule is CCOc1ccccc1C1(C(C)=O)CC1. The molecule has 0 aromatic heterocycles. The first-order valence-electron chi connectivity index (χ1n) is 5.44. The van der Waals surface area contributed by atoms with Gasteiger partial charge in [-0.3, -0.25) is 4.79 Å². The van der Waals surface area contributed by atoms with Crippen molar-refractivity contribution in [3.63, 3.8) is 0 Å². The van der Waals surface area contributed by atoms with Crippen molar-refractivity contribution >= 4 is 5.78 Å². The van der Waals surface area contributed by atoms with Crippen molar-refractivity contribution in [3.05, 3.63) is 29.8 Å². The summed E-state index contributed by atoms with van der Waals surface area (Å²) in [4.78, 5) is 11.6. The summed E-state index contributed by atoms with van der Waals surface area (Å²) >= 11 is 0. The van der Waals surface area contributed by atoms with Crippen molar-refractivity contribution in [3.8, 4) is 5.75 Å². The van der Waals surface area contributed by atoms with Crippen molar-refractivity contribution in [2.24, 2.45) is 0 Å². The minimum absolute atomic E-state index is 0.230. The van der Waals surface area contributed by atoms with Crippen LogP contribution in [0.3, 0.4) is 0 Å². The smallest absolute Gasteiger partial charge is 0.140 e. The molecule has 80 valence electrons. The van der Waals surface area contributed by atoms with Crippen LogP contribution in [-0.2, 0) is 10.2 Å². The average molecular weight is 204 g/mol. The molecule has 0 unspecified atom stereocenters. The van der Waals surface area contributed by atoms with Crippen molar-refractivity contribution in [2.75, 3.05) is 6.61 Å². The molecule has 2 heteroatoms. The third-order valence-corrected chi connectivity index (χ3v) is 3.13. The molecule has 1 aliphatic carbocycles. The first-order chi connectivity index (χ1) is 7.20. The van der Waals surface area contributed by atoms with E-state index in [1.807, 2.05) is 31.2 Å². The molecular formula is C13H16O2. The van der Waals surface area contributed by atoms with Gasteiger partial charge in [0.15, 0.2) is 0 Å². The second kappa shape index (κ2) is 3.69. The maximum Gasteiger partial charge on any atom is 0.140 e. The minimum atomic E-state index is -0.230. The molecule has 15 heavy (non-hydrogen) atoms. The summed E-state index contributed by atoms with van der Waals surface area (Å²) in [7, 11) is 0. The van der Waals surface area contributed by atoms with Crippen LogP contribution < -0.4 is 4.74 Å². The lowest BCUT2D eigenvalue weighted by Crippen LogP contribution is -2.18. The zero-order valence-electron chi connectivity index (χ0n) is 9.25. The van der Waals surface area contributed by atoms with Crippen molar-refractivity contribution < 1.29 is 9.53 Å². The number of hydrogen-bond donors (Lipinski definition) is 0. The molecule has 1 saturated carbocycles. The summed E-state index contributed by atoms with van der Waals surface area (Å²) in [5, 5.41) is 0. The Hall–Kier alpha value is -1.31. The van der Waals surface area contributed by atoms with Gasteiger partial charge in [0.1, 0.15) is 11.5 Å². The number of ketones is 1. The number of carbonyl (C=O) groups excluding carboxylic acids is 1. The number of hydrogen-bond acceptors (Lipinski definition) is 2. The van der Waals surface area contributed by atoms with E-state index in [0.717, 1.165) is 24.2 Å². The van der Waals surface area contributed by atoms with E-state index in [9.17, 15) is 4.79 Å². The molecule has 1 aromatic carbocycles. The van der Waals surface area contributed by atoms with Crippen LogP contribution in [0.1, 0.15) is 32.3 Å². The van der Waals surface area contributed by atoms with Crippen LogP contribution in [0.2, 0.25) is 0 Å². The number of rotatable bonds is 4. The van der Waals surface area contributed by atoms with Crippen LogP contribution in [0.5, 0.6) is 5.75 Å². The normalized spacial score (nSPS) is 17.2. The summed E-state index contributed by atoms with van der Waals surface area (Å²) in [6, 6.07) is 7.88. The van der Waals surface area contributed by atoms with E-state index in [2.05, 4.69) is 0 Å². The van der Waals surface area contributed by atoms with Crippen molar-refractivity contribution in [1.82, 2.24) is 0 Å². The van der Waals surface area contributed by atoms with Gasteiger partial charge in [0.2, 0.25) is 0 Å². The second-order valence-electron chi connectivity index (χ2n) is 4.07. The Kier molecular flexibility index (Phi) is 2.51. The molecule has 0 heterocycles. The van der Waals surface area contributed by atoms with Crippen LogP contribution in [0.25, 0.3) is 0 Å². The Morgan fingerprint density at radius 1 is 1.40 bits per heavy atom. The number of Topliss-reactive ketones (excluding diaryl/α,β-unsaturated/α-hetero) is 1. The van der Waals surface area contributed by atoms with E-state index >= 15 is 0 Å². The van der Waals surface area contributed by atoms with E-state index < -0.39 is 0 Å². The van der Waals surface area contributed by atoms with Crippen LogP contribution in [0.4, 0.5) is 0 Å². The van der Waals surface area contributed by atoms with Crippen molar-refractivity contribution in [2.45, 2.75) is 32.1 Å². The van der Waals surface area contributed by atoms with Gasteiger partial charge < -0.3 is 4.74 Å². The standard InChI is InChI=1S/C13H16O2/c1-3-15-12-7-5-4-6-11(12)13(8-9-13)10(2)14/h4-7H,3,8-9H2,1-2H3. The van der Waals surface area contributed by atoms with Crippen LogP contribution in [0, 0.1) is 0 Å². The van der Waals surface area contributed by atoms with E-state index in [-0.39, 0.29) is 11.2 Å². The Morgan fingerprint density at radius 2 is 2.07 bits per heavy atom. The van der Waals surface area contributed by atoms with E-state index in [4.69, 9.17) is 4.74 Å². The van der Waals surface area contributed by atoms with Gasteiger partial charge in [-0.15, -0.1) is 0 Å². The summed E-state index contributed by atoms with van der Waals surface area (Å²) in [6.07, 6.45) is 1.93. The number of para-hydroxylation sites is 1. The molecule has 0 atom stereocenters. The first kappa shape index (κ1) is 10.2. The molecule has 0 aliphatic heterocycles. The molecule has 1 aromatic rings. The van der Waals surface area contributed by atoms with Gasteiger partial charge in [0.05, 0.1) is 12.0 Å². The zero-order chi connectivity index (χ0) is 10.9. The maximum absolute atomic E-state index is 11.6. The van der Waals surface area contributed by atoms with Gasteiger partial charge in [-0.1, -0.05) is 18.2 Å². The molecule has 0 spiro atoms. The number of benzene rings is 1. The fourth-order valence-corrected chi connectivity index (χ4v) is 2.08. The largest absolute Gasteiger partial charge is 0.494 e. The quantitative estimate of drug-likeness (QED) is 0.753. The van der Waals surface area contributed by atoms with Crippen LogP contribution >= 0.6 is 0 Å². The van der Waals surface area contributed by atoms with Gasteiger partial charge in [-0.05, 0) is 32.8 Å². The van der Waals surface area contributed by atoms with Crippen LogP contribution in [-0.4, -0.2) is 12.4 Å². The first-order valence-corrected chi connectivity index (χ1v) is 5.44. The monoisotopic (exact) mass is 204 g/mol. The zero-order valence-corrected chi connectivity index (χ0v) is 9.25. The lowest BCUT2D eigenvalue weighted by Gasteiger charge is -2.16. The second-order valence-corrected chi connectivity index (χ2v) is 4.07. The Labute approximate surface area is 90.3 Å². The number of ether oxygens (including phenoxy) is 1. The molecular weight excluding hydrogens is 188 g/mol. The molecule has 0 N–H and O–H groups in total. The van der Waals surface area contributed by atoms with Gasteiger partial charge in [0.25, 0.3) is 0 Å². The molecule has 2 rings (SSSR count). The van der Waals surface area contributed by atoms with Gasteiger partial charge in [-0.25, -0.2) is 0 Å². The summed E-state index contributed by atoms with van der Waals surface area (Å²) in [5.74, 6) is 1.13. The molecule has 1 fully saturated rings. The minimum Gasteiger partial charge on any atom is -0.494 e. The molecule has 0 bridgehead atoms. The summed E-state index contributed by atoms with van der Waals surface area (Å²) in [6.45, 7) is 4.28. The van der Waals surface area contributed by atoms with Crippen molar-refractivity contribution in [1.29, 1.82) is 0 Å². The fourth-order valence-electron chi connectivity index (χ4n) is 2.08. The van der Waals surface area contributed by atoms with Gasteiger partial charge in [0, 0.05) is 5.56 Å². The molecule has 0 amide bonds. The predicted octanol–water partition coefficient (Wildman–Crippen LogP) is 2.71.